The molecule has 0 aliphatic heterocycles. The van der Waals surface area contributed by atoms with E-state index in [4.69, 9.17) is 4.74 Å². The van der Waals surface area contributed by atoms with E-state index in [0.29, 0.717) is 12.3 Å². The van der Waals surface area contributed by atoms with Gasteiger partial charge in [0, 0.05) is 6.42 Å². The highest BCUT2D eigenvalue weighted by Gasteiger charge is 2.17. The molecule has 0 saturated heterocycles. The number of carbonyl (C=O) groups is 1. The number of ether oxygens (including phenoxy) is 1. The lowest BCUT2D eigenvalue weighted by molar-refractivity contribution is -0.150. The van der Waals surface area contributed by atoms with Gasteiger partial charge in [0.1, 0.15) is 6.10 Å². The zero-order valence-corrected chi connectivity index (χ0v) is 27.1. The van der Waals surface area contributed by atoms with Crippen molar-refractivity contribution in [1.29, 1.82) is 0 Å². The van der Waals surface area contributed by atoms with Crippen LogP contribution in [0, 0.1) is 11.8 Å². The molecular formula is C36H72O2. The molecule has 2 atom stereocenters. The topological polar surface area (TPSA) is 26.3 Å². The van der Waals surface area contributed by atoms with Crippen molar-refractivity contribution in [3.63, 3.8) is 0 Å². The number of hydrogen-bond acceptors (Lipinski definition) is 2. The van der Waals surface area contributed by atoms with E-state index in [-0.39, 0.29) is 12.1 Å². The van der Waals surface area contributed by atoms with Gasteiger partial charge in [-0.15, -0.1) is 0 Å². The van der Waals surface area contributed by atoms with Gasteiger partial charge < -0.3 is 4.74 Å². The lowest BCUT2D eigenvalue weighted by atomic mass is 9.93. The van der Waals surface area contributed by atoms with Gasteiger partial charge in [-0.2, -0.15) is 0 Å². The Labute approximate surface area is 241 Å². The molecule has 0 heterocycles. The third-order valence-corrected chi connectivity index (χ3v) is 8.31. The summed E-state index contributed by atoms with van der Waals surface area (Å²) < 4.78 is 5.95. The molecule has 0 N–H and O–H groups in total. The van der Waals surface area contributed by atoms with Crippen LogP contribution in [0.2, 0.25) is 0 Å². The Morgan fingerprint density at radius 2 is 0.921 bits per heavy atom. The Morgan fingerprint density at radius 3 is 1.34 bits per heavy atom. The van der Waals surface area contributed by atoms with E-state index in [0.717, 1.165) is 31.6 Å². The maximum atomic E-state index is 12.5. The average molecular weight is 537 g/mol. The molecular weight excluding hydrogens is 464 g/mol. The van der Waals surface area contributed by atoms with Crippen molar-refractivity contribution >= 4 is 5.97 Å². The van der Waals surface area contributed by atoms with E-state index < -0.39 is 0 Å². The summed E-state index contributed by atoms with van der Waals surface area (Å²) >= 11 is 0. The minimum Gasteiger partial charge on any atom is -0.462 e. The molecule has 0 aliphatic rings. The minimum absolute atomic E-state index is 0.0486. The van der Waals surface area contributed by atoms with Crippen LogP contribution in [0.3, 0.4) is 0 Å². The molecule has 2 heteroatoms. The van der Waals surface area contributed by atoms with Gasteiger partial charge in [0.25, 0.3) is 0 Å². The van der Waals surface area contributed by atoms with E-state index in [1.807, 2.05) is 0 Å². The van der Waals surface area contributed by atoms with E-state index in [1.165, 1.54) is 141 Å². The van der Waals surface area contributed by atoms with Crippen molar-refractivity contribution in [1.82, 2.24) is 0 Å². The summed E-state index contributed by atoms with van der Waals surface area (Å²) in [4.78, 5) is 12.5. The minimum atomic E-state index is 0.0486. The van der Waals surface area contributed by atoms with Crippen LogP contribution in [0.4, 0.5) is 0 Å². The summed E-state index contributed by atoms with van der Waals surface area (Å²) in [6, 6.07) is 0. The summed E-state index contributed by atoms with van der Waals surface area (Å²) in [7, 11) is 0. The third kappa shape index (κ3) is 28.5. The molecule has 0 saturated carbocycles. The van der Waals surface area contributed by atoms with Crippen LogP contribution >= 0.6 is 0 Å². The van der Waals surface area contributed by atoms with Gasteiger partial charge >= 0.3 is 5.97 Å². The number of hydrogen-bond donors (Lipinski definition) is 0. The molecule has 0 aromatic carbocycles. The van der Waals surface area contributed by atoms with E-state index in [2.05, 4.69) is 34.6 Å². The van der Waals surface area contributed by atoms with Gasteiger partial charge in [-0.05, 0) is 31.1 Å². The average Bonchev–Trinajstić information content (AvgIpc) is 2.88. The summed E-state index contributed by atoms with van der Waals surface area (Å²) in [6.07, 6.45) is 35.3. The monoisotopic (exact) mass is 537 g/mol. The predicted octanol–water partition coefficient (Wildman–Crippen LogP) is 12.8. The van der Waals surface area contributed by atoms with E-state index >= 15 is 0 Å². The van der Waals surface area contributed by atoms with Crippen LogP contribution in [0.15, 0.2) is 0 Å². The fraction of sp³-hybridized carbons (Fsp3) is 0.972. The zero-order chi connectivity index (χ0) is 28.1. The van der Waals surface area contributed by atoms with Gasteiger partial charge in [-0.1, -0.05) is 182 Å². The summed E-state index contributed by atoms with van der Waals surface area (Å²) in [5.41, 5.74) is 0. The molecule has 0 aliphatic carbocycles. The summed E-state index contributed by atoms with van der Waals surface area (Å²) in [5, 5.41) is 0. The van der Waals surface area contributed by atoms with Crippen LogP contribution in [-0.2, 0) is 9.53 Å². The molecule has 2 nitrogen and oxygen atoms in total. The normalized spacial score (nSPS) is 13.2. The number of carbonyl (C=O) groups excluding carboxylic acids is 1. The highest BCUT2D eigenvalue weighted by atomic mass is 16.5. The molecule has 0 fully saturated rings. The molecule has 0 aromatic heterocycles. The molecule has 0 spiro atoms. The first kappa shape index (κ1) is 37.5. The Kier molecular flexibility index (Phi) is 29.0. The second-order valence-corrected chi connectivity index (χ2v) is 13.0. The maximum Gasteiger partial charge on any atom is 0.306 e. The van der Waals surface area contributed by atoms with Gasteiger partial charge in [-0.25, -0.2) is 0 Å². The van der Waals surface area contributed by atoms with Crippen molar-refractivity contribution < 1.29 is 9.53 Å². The van der Waals surface area contributed by atoms with Crippen molar-refractivity contribution in [2.75, 3.05) is 0 Å². The predicted molar refractivity (Wildman–Crippen MR) is 170 cm³/mol. The Balaban J connectivity index is 3.58. The van der Waals surface area contributed by atoms with Crippen molar-refractivity contribution in [3.8, 4) is 0 Å². The van der Waals surface area contributed by atoms with Crippen LogP contribution < -0.4 is 0 Å². The lowest BCUT2D eigenvalue weighted by Gasteiger charge is -2.22. The largest absolute Gasteiger partial charge is 0.462 e. The SMILES string of the molecule is CCCCCCCCCCCCCCCCCCCCCC(=O)OC(CCCC)CC(C)CCCC(C)C. The van der Waals surface area contributed by atoms with Crippen molar-refractivity contribution in [3.05, 3.63) is 0 Å². The number of unbranched alkanes of at least 4 members (excludes halogenated alkanes) is 19. The molecule has 0 rings (SSSR count). The summed E-state index contributed by atoms with van der Waals surface area (Å²) in [6.45, 7) is 11.5. The zero-order valence-electron chi connectivity index (χ0n) is 27.1. The maximum absolute atomic E-state index is 12.5. The lowest BCUT2D eigenvalue weighted by Crippen LogP contribution is -2.21. The van der Waals surface area contributed by atoms with Crippen molar-refractivity contribution in [2.45, 2.75) is 214 Å². The van der Waals surface area contributed by atoms with Crippen LogP contribution in [0.5, 0.6) is 0 Å². The molecule has 0 aromatic rings. The molecule has 0 radical (unpaired) electrons. The molecule has 228 valence electrons. The number of rotatable bonds is 30. The molecule has 0 bridgehead atoms. The Morgan fingerprint density at radius 1 is 0.500 bits per heavy atom. The van der Waals surface area contributed by atoms with E-state index in [1.54, 1.807) is 0 Å². The highest BCUT2D eigenvalue weighted by Crippen LogP contribution is 2.22. The van der Waals surface area contributed by atoms with Crippen LogP contribution in [-0.4, -0.2) is 12.1 Å². The highest BCUT2D eigenvalue weighted by molar-refractivity contribution is 5.69. The molecule has 38 heavy (non-hydrogen) atoms. The van der Waals surface area contributed by atoms with Crippen LogP contribution in [0.1, 0.15) is 208 Å². The standard InChI is InChI=1S/C36H72O2/c1-6-8-10-11-12-13-14-15-16-17-18-19-20-21-22-23-24-25-26-31-36(37)38-35(30-9-7-2)32-34(5)29-27-28-33(3)4/h33-35H,6-32H2,1-5H3. The molecule has 0 amide bonds. The van der Waals surface area contributed by atoms with Gasteiger partial charge in [0.2, 0.25) is 0 Å². The fourth-order valence-electron chi connectivity index (χ4n) is 5.69. The van der Waals surface area contributed by atoms with E-state index in [9.17, 15) is 4.79 Å². The Hall–Kier alpha value is -0.530. The van der Waals surface area contributed by atoms with Gasteiger partial charge in [0.05, 0.1) is 0 Å². The fourth-order valence-corrected chi connectivity index (χ4v) is 5.69. The third-order valence-electron chi connectivity index (χ3n) is 8.31. The Bertz CT molecular complexity index is 472. The second-order valence-electron chi connectivity index (χ2n) is 13.0. The van der Waals surface area contributed by atoms with Gasteiger partial charge in [0.15, 0.2) is 0 Å². The second kappa shape index (κ2) is 29.5. The number of esters is 1. The summed E-state index contributed by atoms with van der Waals surface area (Å²) in [5.74, 6) is 1.49. The van der Waals surface area contributed by atoms with Crippen molar-refractivity contribution in [2.24, 2.45) is 11.8 Å². The van der Waals surface area contributed by atoms with Crippen LogP contribution in [0.25, 0.3) is 0 Å². The van der Waals surface area contributed by atoms with Gasteiger partial charge in [-0.3, -0.25) is 4.79 Å². The first-order chi connectivity index (χ1) is 18.5. The molecule has 2 unspecified atom stereocenters. The smallest absolute Gasteiger partial charge is 0.306 e. The first-order valence-corrected chi connectivity index (χ1v) is 17.7. The quantitative estimate of drug-likeness (QED) is 0.0674. The first-order valence-electron chi connectivity index (χ1n) is 17.7.